The molecule has 0 aromatic heterocycles. The third kappa shape index (κ3) is 14.4. The molecule has 4 atom stereocenters. The lowest BCUT2D eigenvalue weighted by Gasteiger charge is -2.10. The molecule has 1 heterocycles. The van der Waals surface area contributed by atoms with E-state index in [1.165, 1.54) is 6.08 Å². The Hall–Kier alpha value is -2.21. The van der Waals surface area contributed by atoms with E-state index in [9.17, 15) is 20.1 Å². The SMILES string of the molecule is CC1CCC/C=C/C=C/[C@H](O)C[C@@H](O)C/C=C\C=C\[C@@H](O)C/C=C/C=C\C(=O)O1. The highest BCUT2D eigenvalue weighted by Gasteiger charge is 2.07. The molecule has 0 bridgehead atoms. The van der Waals surface area contributed by atoms with E-state index < -0.39 is 18.3 Å². The van der Waals surface area contributed by atoms with Crippen molar-refractivity contribution in [2.45, 2.75) is 69.9 Å². The fourth-order valence-corrected chi connectivity index (χ4v) is 2.66. The number of allylic oxidation sites excluding steroid dienone is 7. The summed E-state index contributed by atoms with van der Waals surface area (Å²) in [5.41, 5.74) is 0. The van der Waals surface area contributed by atoms with Gasteiger partial charge in [-0.1, -0.05) is 66.8 Å². The highest BCUT2D eigenvalue weighted by atomic mass is 16.5. The Bertz CT molecular complexity index is 627. The molecule has 1 unspecified atom stereocenters. The van der Waals surface area contributed by atoms with Crippen molar-refractivity contribution >= 4 is 5.97 Å². The highest BCUT2D eigenvalue weighted by molar-refractivity contribution is 5.82. The van der Waals surface area contributed by atoms with Gasteiger partial charge in [0.05, 0.1) is 24.4 Å². The summed E-state index contributed by atoms with van der Waals surface area (Å²) in [5.74, 6) is -0.378. The zero-order valence-electron chi connectivity index (χ0n) is 17.1. The first-order chi connectivity index (χ1) is 14.0. The summed E-state index contributed by atoms with van der Waals surface area (Å²) in [4.78, 5) is 11.7. The first-order valence-electron chi connectivity index (χ1n) is 10.2. The quantitative estimate of drug-likeness (QED) is 0.538. The van der Waals surface area contributed by atoms with E-state index >= 15 is 0 Å². The van der Waals surface area contributed by atoms with Crippen molar-refractivity contribution in [3.63, 3.8) is 0 Å². The number of cyclic esters (lactones) is 1. The predicted octanol–water partition coefficient (Wildman–Crippen LogP) is 3.69. The van der Waals surface area contributed by atoms with Crippen LogP contribution in [0.1, 0.15) is 45.4 Å². The Balaban J connectivity index is 2.66. The minimum atomic E-state index is -0.703. The van der Waals surface area contributed by atoms with E-state index in [2.05, 4.69) is 0 Å². The van der Waals surface area contributed by atoms with Crippen LogP contribution in [-0.4, -0.2) is 45.7 Å². The van der Waals surface area contributed by atoms with Gasteiger partial charge in [0.25, 0.3) is 0 Å². The molecule has 0 aromatic rings. The average molecular weight is 403 g/mol. The second kappa shape index (κ2) is 15.7. The van der Waals surface area contributed by atoms with Crippen LogP contribution >= 0.6 is 0 Å². The maximum atomic E-state index is 11.7. The standard InChI is InChI=1S/C24H34O5/c1-20-13-7-3-2-4-8-16-22(26)19-23(27)17-11-5-9-14-21(25)15-10-6-12-18-24(28)29-20/h2,4-6,8-12,14,16,18,20-23,25-27H,3,7,13,15,17,19H2,1H3/b4-2+,10-6+,11-5-,14-9+,16-8+,18-12-/t20?,21-,22+,23+/m1/s1. The maximum Gasteiger partial charge on any atom is 0.331 e. The molecule has 0 amide bonds. The first-order valence-corrected chi connectivity index (χ1v) is 10.2. The number of ether oxygens (including phenoxy) is 1. The average Bonchev–Trinajstić information content (AvgIpc) is 2.65. The van der Waals surface area contributed by atoms with Crippen molar-refractivity contribution in [3.8, 4) is 0 Å². The van der Waals surface area contributed by atoms with Crippen molar-refractivity contribution in [1.29, 1.82) is 0 Å². The highest BCUT2D eigenvalue weighted by Crippen LogP contribution is 2.08. The fraction of sp³-hybridized carbons (Fsp3) is 0.458. The van der Waals surface area contributed by atoms with E-state index in [0.717, 1.165) is 19.3 Å². The van der Waals surface area contributed by atoms with Gasteiger partial charge >= 0.3 is 5.97 Å². The Morgan fingerprint density at radius 2 is 1.52 bits per heavy atom. The van der Waals surface area contributed by atoms with Crippen LogP contribution in [-0.2, 0) is 9.53 Å². The van der Waals surface area contributed by atoms with Crippen LogP contribution in [0.5, 0.6) is 0 Å². The molecule has 0 radical (unpaired) electrons. The molecule has 1 aliphatic rings. The zero-order valence-corrected chi connectivity index (χ0v) is 17.1. The Kier molecular flexibility index (Phi) is 13.4. The lowest BCUT2D eigenvalue weighted by Crippen LogP contribution is -2.14. The van der Waals surface area contributed by atoms with Crippen LogP contribution in [0.3, 0.4) is 0 Å². The number of esters is 1. The normalized spacial score (nSPS) is 35.4. The van der Waals surface area contributed by atoms with Gasteiger partial charge in [-0.2, -0.15) is 0 Å². The van der Waals surface area contributed by atoms with Crippen molar-refractivity contribution in [3.05, 3.63) is 72.9 Å². The van der Waals surface area contributed by atoms with E-state index in [4.69, 9.17) is 4.74 Å². The van der Waals surface area contributed by atoms with Gasteiger partial charge in [0.15, 0.2) is 0 Å². The van der Waals surface area contributed by atoms with Crippen LogP contribution in [0.2, 0.25) is 0 Å². The number of aliphatic hydroxyl groups excluding tert-OH is 3. The number of aliphatic hydroxyl groups is 3. The number of hydrogen-bond donors (Lipinski definition) is 3. The zero-order chi connectivity index (χ0) is 21.3. The molecule has 0 fully saturated rings. The van der Waals surface area contributed by atoms with Crippen LogP contribution in [0, 0.1) is 0 Å². The monoisotopic (exact) mass is 402 g/mol. The molecule has 1 aliphatic heterocycles. The summed E-state index contributed by atoms with van der Waals surface area (Å²) < 4.78 is 5.31. The second-order valence-electron chi connectivity index (χ2n) is 7.09. The van der Waals surface area contributed by atoms with Crippen molar-refractivity contribution in [2.75, 3.05) is 0 Å². The minimum absolute atomic E-state index is 0.158. The third-order valence-corrected chi connectivity index (χ3v) is 4.24. The topological polar surface area (TPSA) is 87.0 Å². The van der Waals surface area contributed by atoms with Crippen LogP contribution in [0.15, 0.2) is 72.9 Å². The minimum Gasteiger partial charge on any atom is -0.460 e. The van der Waals surface area contributed by atoms with Gasteiger partial charge in [0, 0.05) is 12.5 Å². The molecule has 0 aromatic carbocycles. The Morgan fingerprint density at radius 1 is 0.862 bits per heavy atom. The van der Waals surface area contributed by atoms with Gasteiger partial charge in [0.2, 0.25) is 0 Å². The van der Waals surface area contributed by atoms with E-state index in [0.29, 0.717) is 12.8 Å². The molecular formula is C24H34O5. The van der Waals surface area contributed by atoms with Gasteiger partial charge in [-0.05, 0) is 39.0 Å². The van der Waals surface area contributed by atoms with E-state index in [1.54, 1.807) is 54.7 Å². The van der Waals surface area contributed by atoms with Gasteiger partial charge < -0.3 is 20.1 Å². The van der Waals surface area contributed by atoms with Crippen LogP contribution in [0.25, 0.3) is 0 Å². The van der Waals surface area contributed by atoms with E-state index in [-0.39, 0.29) is 18.5 Å². The summed E-state index contributed by atoms with van der Waals surface area (Å²) in [6.07, 6.45) is 22.2. The van der Waals surface area contributed by atoms with Gasteiger partial charge in [-0.15, -0.1) is 0 Å². The number of rotatable bonds is 0. The number of hydrogen-bond acceptors (Lipinski definition) is 5. The number of carbonyl (C=O) groups is 1. The first kappa shape index (κ1) is 24.8. The second-order valence-corrected chi connectivity index (χ2v) is 7.09. The molecule has 3 N–H and O–H groups in total. The number of carbonyl (C=O) groups excluding carboxylic acids is 1. The van der Waals surface area contributed by atoms with Crippen molar-refractivity contribution < 1.29 is 24.9 Å². The van der Waals surface area contributed by atoms with Crippen molar-refractivity contribution in [1.82, 2.24) is 0 Å². The van der Waals surface area contributed by atoms with Gasteiger partial charge in [-0.3, -0.25) is 0 Å². The lowest BCUT2D eigenvalue weighted by molar-refractivity contribution is -0.142. The molecule has 5 heteroatoms. The largest absolute Gasteiger partial charge is 0.460 e. The summed E-state index contributed by atoms with van der Waals surface area (Å²) in [5, 5.41) is 29.8. The molecular weight excluding hydrogens is 368 g/mol. The fourth-order valence-electron chi connectivity index (χ4n) is 2.66. The summed E-state index contributed by atoms with van der Waals surface area (Å²) in [6, 6.07) is 0. The molecule has 160 valence electrons. The predicted molar refractivity (Wildman–Crippen MR) is 116 cm³/mol. The Morgan fingerprint density at radius 3 is 2.31 bits per heavy atom. The molecule has 0 spiro atoms. The molecule has 29 heavy (non-hydrogen) atoms. The van der Waals surface area contributed by atoms with Gasteiger partial charge in [0.1, 0.15) is 0 Å². The molecule has 0 saturated carbocycles. The van der Waals surface area contributed by atoms with Crippen molar-refractivity contribution in [2.24, 2.45) is 0 Å². The molecule has 1 rings (SSSR count). The molecule has 5 nitrogen and oxygen atoms in total. The maximum absolute atomic E-state index is 11.7. The van der Waals surface area contributed by atoms with Crippen LogP contribution in [0.4, 0.5) is 0 Å². The van der Waals surface area contributed by atoms with E-state index in [1.807, 2.05) is 19.1 Å². The summed E-state index contributed by atoms with van der Waals surface area (Å²) in [6.45, 7) is 1.87. The Labute approximate surface area is 174 Å². The molecule has 0 saturated heterocycles. The summed E-state index contributed by atoms with van der Waals surface area (Å²) >= 11 is 0. The summed E-state index contributed by atoms with van der Waals surface area (Å²) in [7, 11) is 0. The lowest BCUT2D eigenvalue weighted by atomic mass is 10.1. The van der Waals surface area contributed by atoms with Gasteiger partial charge in [-0.25, -0.2) is 4.79 Å². The van der Waals surface area contributed by atoms with Crippen LogP contribution < -0.4 is 0 Å². The molecule has 0 aliphatic carbocycles. The third-order valence-electron chi connectivity index (χ3n) is 4.24. The smallest absolute Gasteiger partial charge is 0.331 e.